The topological polar surface area (TPSA) is 43.4 Å². The van der Waals surface area contributed by atoms with Gasteiger partial charge in [0.05, 0.1) is 11.0 Å². The minimum Gasteiger partial charge on any atom is -0.378 e. The number of ether oxygens (including phenoxy) is 1. The maximum atomic E-state index is 13.9. The Kier molecular flexibility index (Phi) is 3.79. The summed E-state index contributed by atoms with van der Waals surface area (Å²) < 4.78 is 42.9. The van der Waals surface area contributed by atoms with Gasteiger partial charge in [-0.2, -0.15) is 0 Å². The number of sulfone groups is 1. The molecule has 1 aromatic carbocycles. The Morgan fingerprint density at radius 2 is 2.06 bits per heavy atom. The molecule has 94 valence electrons. The third-order valence-electron chi connectivity index (χ3n) is 2.88. The standard InChI is InChI=1S/C12H15FO3S/c13-12(9-10-5-4-8-16-10)17(14,15)11-6-2-1-3-7-11/h1-3,6-7,10,12H,4-5,8-9H2/t10-,12+/m0/s1. The Morgan fingerprint density at radius 1 is 1.35 bits per heavy atom. The van der Waals surface area contributed by atoms with Crippen molar-refractivity contribution in [2.75, 3.05) is 6.61 Å². The fourth-order valence-corrected chi connectivity index (χ4v) is 3.22. The average Bonchev–Trinajstić information content (AvgIpc) is 2.83. The molecule has 2 rings (SSSR count). The zero-order chi connectivity index (χ0) is 12.3. The van der Waals surface area contributed by atoms with Crippen LogP contribution in [-0.2, 0) is 14.6 Å². The predicted molar refractivity (Wildman–Crippen MR) is 62.1 cm³/mol. The Hall–Kier alpha value is -0.940. The van der Waals surface area contributed by atoms with Crippen molar-refractivity contribution in [3.05, 3.63) is 30.3 Å². The van der Waals surface area contributed by atoms with E-state index in [9.17, 15) is 12.8 Å². The highest BCUT2D eigenvalue weighted by molar-refractivity contribution is 7.91. The van der Waals surface area contributed by atoms with Crippen LogP contribution in [0.5, 0.6) is 0 Å². The number of alkyl halides is 1. The summed E-state index contributed by atoms with van der Waals surface area (Å²) in [5.74, 6) is 0. The smallest absolute Gasteiger partial charge is 0.210 e. The van der Waals surface area contributed by atoms with E-state index < -0.39 is 15.3 Å². The van der Waals surface area contributed by atoms with Gasteiger partial charge in [0, 0.05) is 13.0 Å². The van der Waals surface area contributed by atoms with Crippen LogP contribution in [0.1, 0.15) is 19.3 Å². The molecule has 2 atom stereocenters. The lowest BCUT2D eigenvalue weighted by Crippen LogP contribution is -2.22. The molecule has 1 saturated heterocycles. The second-order valence-electron chi connectivity index (χ2n) is 4.14. The summed E-state index contributed by atoms with van der Waals surface area (Å²) in [4.78, 5) is 0.0329. The molecule has 1 aliphatic rings. The van der Waals surface area contributed by atoms with Crippen molar-refractivity contribution < 1.29 is 17.5 Å². The van der Waals surface area contributed by atoms with E-state index in [1.807, 2.05) is 0 Å². The van der Waals surface area contributed by atoms with Gasteiger partial charge in [0.1, 0.15) is 0 Å². The van der Waals surface area contributed by atoms with Crippen molar-refractivity contribution in [2.24, 2.45) is 0 Å². The zero-order valence-electron chi connectivity index (χ0n) is 9.38. The van der Waals surface area contributed by atoms with Crippen LogP contribution >= 0.6 is 0 Å². The molecule has 1 aromatic rings. The highest BCUT2D eigenvalue weighted by Gasteiger charge is 2.31. The van der Waals surface area contributed by atoms with Gasteiger partial charge >= 0.3 is 0 Å². The Balaban J connectivity index is 2.09. The summed E-state index contributed by atoms with van der Waals surface area (Å²) >= 11 is 0. The summed E-state index contributed by atoms with van der Waals surface area (Å²) in [6, 6.07) is 7.71. The number of rotatable bonds is 4. The van der Waals surface area contributed by atoms with Crippen molar-refractivity contribution in [3.63, 3.8) is 0 Å². The second-order valence-corrected chi connectivity index (χ2v) is 6.21. The van der Waals surface area contributed by atoms with Crippen molar-refractivity contribution in [1.29, 1.82) is 0 Å². The molecule has 3 nitrogen and oxygen atoms in total. The van der Waals surface area contributed by atoms with Crippen LogP contribution < -0.4 is 0 Å². The molecule has 5 heteroatoms. The Labute approximate surface area is 101 Å². The zero-order valence-corrected chi connectivity index (χ0v) is 10.2. The quantitative estimate of drug-likeness (QED) is 0.832. The van der Waals surface area contributed by atoms with E-state index in [0.717, 1.165) is 12.8 Å². The Morgan fingerprint density at radius 3 is 2.65 bits per heavy atom. The largest absolute Gasteiger partial charge is 0.378 e. The van der Waals surface area contributed by atoms with Crippen LogP contribution in [0.3, 0.4) is 0 Å². The van der Waals surface area contributed by atoms with Crippen molar-refractivity contribution in [1.82, 2.24) is 0 Å². The molecule has 0 bridgehead atoms. The van der Waals surface area contributed by atoms with Crippen LogP contribution in [0.4, 0.5) is 4.39 Å². The third kappa shape index (κ3) is 2.84. The molecule has 0 spiro atoms. The number of halogens is 1. The van der Waals surface area contributed by atoms with Gasteiger partial charge in [0.25, 0.3) is 0 Å². The molecule has 1 heterocycles. The van der Waals surface area contributed by atoms with Crippen LogP contribution in [0, 0.1) is 0 Å². The highest BCUT2D eigenvalue weighted by atomic mass is 32.2. The number of benzene rings is 1. The van der Waals surface area contributed by atoms with Gasteiger partial charge in [-0.15, -0.1) is 0 Å². The Bertz CT molecular complexity index is 452. The molecule has 1 aliphatic heterocycles. The van der Waals surface area contributed by atoms with E-state index in [-0.39, 0.29) is 17.4 Å². The van der Waals surface area contributed by atoms with Crippen LogP contribution in [0.2, 0.25) is 0 Å². The molecule has 0 saturated carbocycles. The average molecular weight is 258 g/mol. The van der Waals surface area contributed by atoms with Gasteiger partial charge in [0.2, 0.25) is 15.3 Å². The van der Waals surface area contributed by atoms with E-state index in [4.69, 9.17) is 4.74 Å². The first-order valence-electron chi connectivity index (χ1n) is 5.65. The number of hydrogen-bond acceptors (Lipinski definition) is 3. The highest BCUT2D eigenvalue weighted by Crippen LogP contribution is 2.25. The first-order valence-corrected chi connectivity index (χ1v) is 7.20. The maximum Gasteiger partial charge on any atom is 0.210 e. The van der Waals surface area contributed by atoms with Crippen molar-refractivity contribution >= 4 is 9.84 Å². The summed E-state index contributed by atoms with van der Waals surface area (Å²) in [7, 11) is -3.87. The lowest BCUT2D eigenvalue weighted by molar-refractivity contribution is 0.0926. The predicted octanol–water partition coefficient (Wildman–Crippen LogP) is 2.33. The van der Waals surface area contributed by atoms with Gasteiger partial charge in [-0.05, 0) is 25.0 Å². The van der Waals surface area contributed by atoms with Crippen LogP contribution in [0.25, 0.3) is 0 Å². The fraction of sp³-hybridized carbons (Fsp3) is 0.500. The molecule has 0 N–H and O–H groups in total. The van der Waals surface area contributed by atoms with E-state index >= 15 is 0 Å². The van der Waals surface area contributed by atoms with Crippen LogP contribution in [0.15, 0.2) is 35.2 Å². The maximum absolute atomic E-state index is 13.9. The molecule has 0 unspecified atom stereocenters. The normalized spacial score (nSPS) is 22.5. The van der Waals surface area contributed by atoms with E-state index in [0.29, 0.717) is 6.61 Å². The molecule has 0 aliphatic carbocycles. The minimum absolute atomic E-state index is 0.0329. The molecular formula is C12H15FO3S. The summed E-state index contributed by atoms with van der Waals surface area (Å²) in [5.41, 5.74) is -1.88. The lowest BCUT2D eigenvalue weighted by Gasteiger charge is -2.14. The first-order chi connectivity index (χ1) is 8.10. The van der Waals surface area contributed by atoms with Crippen molar-refractivity contribution in [2.45, 2.75) is 35.8 Å². The van der Waals surface area contributed by atoms with Crippen molar-refractivity contribution in [3.8, 4) is 0 Å². The molecule has 0 aromatic heterocycles. The van der Waals surface area contributed by atoms with Gasteiger partial charge < -0.3 is 4.74 Å². The molecule has 1 fully saturated rings. The SMILES string of the molecule is O=S(=O)(c1ccccc1)[C@@H](F)C[C@@H]1CCCO1. The van der Waals surface area contributed by atoms with Gasteiger partial charge in [0.15, 0.2) is 0 Å². The number of hydrogen-bond donors (Lipinski definition) is 0. The lowest BCUT2D eigenvalue weighted by atomic mass is 10.2. The van der Waals surface area contributed by atoms with E-state index in [1.165, 1.54) is 12.1 Å². The van der Waals surface area contributed by atoms with Gasteiger partial charge in [-0.3, -0.25) is 0 Å². The third-order valence-corrected chi connectivity index (χ3v) is 4.68. The monoisotopic (exact) mass is 258 g/mol. The first kappa shape index (κ1) is 12.5. The fourth-order valence-electron chi connectivity index (χ4n) is 1.92. The summed E-state index contributed by atoms with van der Waals surface area (Å²) in [5, 5.41) is 0. The van der Waals surface area contributed by atoms with Gasteiger partial charge in [-0.1, -0.05) is 18.2 Å². The summed E-state index contributed by atoms with van der Waals surface area (Å²) in [6.45, 7) is 0.600. The van der Waals surface area contributed by atoms with Gasteiger partial charge in [-0.25, -0.2) is 12.8 Å². The van der Waals surface area contributed by atoms with E-state index in [2.05, 4.69) is 0 Å². The molecule has 17 heavy (non-hydrogen) atoms. The van der Waals surface area contributed by atoms with Crippen LogP contribution in [-0.4, -0.2) is 26.6 Å². The molecule has 0 amide bonds. The molecule has 0 radical (unpaired) electrons. The molecular weight excluding hydrogens is 243 g/mol. The second kappa shape index (κ2) is 5.14. The minimum atomic E-state index is -3.87. The summed E-state index contributed by atoms with van der Waals surface area (Å²) in [6.07, 6.45) is 1.29. The van der Waals surface area contributed by atoms with E-state index in [1.54, 1.807) is 18.2 Å².